The Bertz CT molecular complexity index is 514. The first-order valence-corrected chi connectivity index (χ1v) is 9.77. The van der Waals surface area contributed by atoms with Crippen molar-refractivity contribution in [3.05, 3.63) is 33.3 Å². The molecule has 0 fully saturated rings. The lowest BCUT2D eigenvalue weighted by Crippen LogP contribution is -2.22. The van der Waals surface area contributed by atoms with Gasteiger partial charge in [0.15, 0.2) is 0 Å². The van der Waals surface area contributed by atoms with Gasteiger partial charge in [0.1, 0.15) is 9.84 Å². The van der Waals surface area contributed by atoms with E-state index in [2.05, 4.69) is 21.2 Å². The third kappa shape index (κ3) is 6.12. The highest BCUT2D eigenvalue weighted by Crippen LogP contribution is 2.26. The molecule has 0 aliphatic carbocycles. The zero-order chi connectivity index (χ0) is 15.2. The average molecular weight is 383 g/mol. The highest BCUT2D eigenvalue weighted by Gasteiger charge is 2.14. The Balaban J connectivity index is 2.73. The van der Waals surface area contributed by atoms with Crippen LogP contribution in [0.15, 0.2) is 22.7 Å². The summed E-state index contributed by atoms with van der Waals surface area (Å²) in [7, 11) is -2.89. The zero-order valence-electron chi connectivity index (χ0n) is 11.8. The van der Waals surface area contributed by atoms with E-state index in [0.717, 1.165) is 23.0 Å². The summed E-state index contributed by atoms with van der Waals surface area (Å²) >= 11 is 9.51. The molecule has 0 aliphatic rings. The van der Waals surface area contributed by atoms with Gasteiger partial charge in [0.05, 0.1) is 5.75 Å². The van der Waals surface area contributed by atoms with Crippen molar-refractivity contribution in [2.75, 3.05) is 18.1 Å². The van der Waals surface area contributed by atoms with Crippen LogP contribution in [0.5, 0.6) is 0 Å². The number of hydrogen-bond donors (Lipinski definition) is 1. The largest absolute Gasteiger partial charge is 0.310 e. The molecule has 1 rings (SSSR count). The van der Waals surface area contributed by atoms with Crippen LogP contribution in [0.3, 0.4) is 0 Å². The number of sulfone groups is 1. The summed E-state index contributed by atoms with van der Waals surface area (Å²) in [6.07, 6.45) is 1.43. The Morgan fingerprint density at radius 3 is 2.55 bits per heavy atom. The van der Waals surface area contributed by atoms with E-state index < -0.39 is 9.84 Å². The first-order valence-electron chi connectivity index (χ1n) is 6.77. The van der Waals surface area contributed by atoms with E-state index in [1.807, 2.05) is 25.1 Å². The van der Waals surface area contributed by atoms with Crippen LogP contribution in [0.1, 0.15) is 38.3 Å². The minimum Gasteiger partial charge on any atom is -0.310 e. The maximum Gasteiger partial charge on any atom is 0.150 e. The van der Waals surface area contributed by atoms with E-state index >= 15 is 0 Å². The fourth-order valence-corrected chi connectivity index (χ4v) is 3.84. The van der Waals surface area contributed by atoms with Crippen LogP contribution in [0.25, 0.3) is 0 Å². The smallest absolute Gasteiger partial charge is 0.150 e. The molecule has 6 heteroatoms. The summed E-state index contributed by atoms with van der Waals surface area (Å²) < 4.78 is 24.0. The van der Waals surface area contributed by atoms with Gasteiger partial charge in [0.25, 0.3) is 0 Å². The second-order valence-corrected chi connectivity index (χ2v) is 8.52. The standard InChI is InChI=1S/C14H21BrClNO2S/c1-3-17-14(6-5-7-20(18,19)4-2)11-8-12(15)10-13(16)9-11/h8-10,14,17H,3-7H2,1-2H3. The van der Waals surface area contributed by atoms with Crippen molar-refractivity contribution in [1.29, 1.82) is 0 Å². The lowest BCUT2D eigenvalue weighted by atomic mass is 10.0. The van der Waals surface area contributed by atoms with E-state index in [1.165, 1.54) is 0 Å². The number of hydrogen-bond acceptors (Lipinski definition) is 3. The van der Waals surface area contributed by atoms with Crippen LogP contribution in [-0.2, 0) is 9.84 Å². The third-order valence-corrected chi connectivity index (χ3v) is 5.59. The van der Waals surface area contributed by atoms with Crippen molar-refractivity contribution < 1.29 is 8.42 Å². The molecule has 0 radical (unpaired) electrons. The number of halogens is 2. The second kappa shape index (κ2) is 8.37. The van der Waals surface area contributed by atoms with Crippen molar-refractivity contribution in [3.63, 3.8) is 0 Å². The topological polar surface area (TPSA) is 46.2 Å². The van der Waals surface area contributed by atoms with Gasteiger partial charge in [-0.1, -0.05) is 41.4 Å². The first kappa shape index (κ1) is 18.0. The number of nitrogens with one attached hydrogen (secondary N) is 1. The predicted molar refractivity (Wildman–Crippen MR) is 89.1 cm³/mol. The van der Waals surface area contributed by atoms with E-state index in [4.69, 9.17) is 11.6 Å². The molecule has 114 valence electrons. The van der Waals surface area contributed by atoms with Gasteiger partial charge in [0, 0.05) is 21.3 Å². The Hall–Kier alpha value is -0.100. The van der Waals surface area contributed by atoms with Crippen molar-refractivity contribution in [1.82, 2.24) is 5.32 Å². The van der Waals surface area contributed by atoms with Gasteiger partial charge >= 0.3 is 0 Å². The molecule has 0 saturated heterocycles. The van der Waals surface area contributed by atoms with E-state index in [9.17, 15) is 8.42 Å². The molecule has 1 N–H and O–H groups in total. The molecule has 0 aromatic heterocycles. The van der Waals surface area contributed by atoms with Crippen LogP contribution in [0.2, 0.25) is 5.02 Å². The average Bonchev–Trinajstić information content (AvgIpc) is 2.36. The van der Waals surface area contributed by atoms with Gasteiger partial charge in [-0.25, -0.2) is 8.42 Å². The van der Waals surface area contributed by atoms with Crippen molar-refractivity contribution in [2.24, 2.45) is 0 Å². The van der Waals surface area contributed by atoms with Gasteiger partial charge in [-0.05, 0) is 43.1 Å². The van der Waals surface area contributed by atoms with Crippen LogP contribution in [-0.4, -0.2) is 26.5 Å². The first-order chi connectivity index (χ1) is 9.38. The minimum atomic E-state index is -2.89. The van der Waals surface area contributed by atoms with Crippen molar-refractivity contribution in [2.45, 2.75) is 32.7 Å². The zero-order valence-corrected chi connectivity index (χ0v) is 15.0. The van der Waals surface area contributed by atoms with Gasteiger partial charge in [-0.15, -0.1) is 0 Å². The van der Waals surface area contributed by atoms with Crippen LogP contribution in [0, 0.1) is 0 Å². The van der Waals surface area contributed by atoms with Gasteiger partial charge < -0.3 is 5.32 Å². The van der Waals surface area contributed by atoms with Crippen molar-refractivity contribution in [3.8, 4) is 0 Å². The number of benzene rings is 1. The molecule has 1 aromatic carbocycles. The normalized spacial score (nSPS) is 13.4. The molecule has 0 saturated carbocycles. The monoisotopic (exact) mass is 381 g/mol. The second-order valence-electron chi connectivity index (χ2n) is 4.69. The fourth-order valence-electron chi connectivity index (χ4n) is 2.06. The maximum atomic E-state index is 11.5. The minimum absolute atomic E-state index is 0.127. The lowest BCUT2D eigenvalue weighted by Gasteiger charge is -2.19. The van der Waals surface area contributed by atoms with Gasteiger partial charge in [-0.2, -0.15) is 0 Å². The highest BCUT2D eigenvalue weighted by molar-refractivity contribution is 9.10. The Kier molecular flexibility index (Phi) is 7.51. The summed E-state index contributed by atoms with van der Waals surface area (Å²) in [5.41, 5.74) is 1.08. The van der Waals surface area contributed by atoms with Gasteiger partial charge in [-0.3, -0.25) is 0 Å². The molecule has 0 amide bonds. The summed E-state index contributed by atoms with van der Waals surface area (Å²) in [4.78, 5) is 0. The van der Waals surface area contributed by atoms with Gasteiger partial charge in [0.2, 0.25) is 0 Å². The predicted octanol–water partition coefficient (Wildman–Crippen LogP) is 3.97. The van der Waals surface area contributed by atoms with Crippen LogP contribution >= 0.6 is 27.5 Å². The fraction of sp³-hybridized carbons (Fsp3) is 0.571. The molecule has 0 aliphatic heterocycles. The SMILES string of the molecule is CCNC(CCCS(=O)(=O)CC)c1cc(Cl)cc(Br)c1. The Morgan fingerprint density at radius 2 is 2.00 bits per heavy atom. The molecule has 0 bridgehead atoms. The molecule has 0 spiro atoms. The molecule has 3 nitrogen and oxygen atoms in total. The highest BCUT2D eigenvalue weighted by atomic mass is 79.9. The summed E-state index contributed by atoms with van der Waals surface area (Å²) in [5.74, 6) is 0.453. The van der Waals surface area contributed by atoms with E-state index in [0.29, 0.717) is 11.4 Å². The molecule has 1 aromatic rings. The molecular weight excluding hydrogens is 362 g/mol. The third-order valence-electron chi connectivity index (χ3n) is 3.13. The molecule has 1 unspecified atom stereocenters. The van der Waals surface area contributed by atoms with Crippen LogP contribution < -0.4 is 5.32 Å². The Morgan fingerprint density at radius 1 is 1.30 bits per heavy atom. The molecule has 1 atom stereocenters. The Labute approximate surface area is 135 Å². The maximum absolute atomic E-state index is 11.5. The van der Waals surface area contributed by atoms with Crippen molar-refractivity contribution >= 4 is 37.4 Å². The molecule has 0 heterocycles. The van der Waals surface area contributed by atoms with E-state index in [-0.39, 0.29) is 17.5 Å². The number of rotatable bonds is 8. The molecule has 20 heavy (non-hydrogen) atoms. The molecular formula is C14H21BrClNO2S. The lowest BCUT2D eigenvalue weighted by molar-refractivity contribution is 0.506. The summed E-state index contributed by atoms with van der Waals surface area (Å²) in [6.45, 7) is 4.55. The van der Waals surface area contributed by atoms with E-state index in [1.54, 1.807) is 6.92 Å². The van der Waals surface area contributed by atoms with Crippen LogP contribution in [0.4, 0.5) is 0 Å². The summed E-state index contributed by atoms with van der Waals surface area (Å²) in [6, 6.07) is 5.92. The summed E-state index contributed by atoms with van der Waals surface area (Å²) in [5, 5.41) is 4.06. The quantitative estimate of drug-likeness (QED) is 0.740.